The van der Waals surface area contributed by atoms with E-state index in [0.717, 1.165) is 0 Å². The normalized spacial score (nSPS) is 16.1. The monoisotopic (exact) mass is 239 g/mol. The fourth-order valence-electron chi connectivity index (χ4n) is 1.12. The van der Waals surface area contributed by atoms with Gasteiger partial charge < -0.3 is 10.8 Å². The molecule has 0 saturated carbocycles. The summed E-state index contributed by atoms with van der Waals surface area (Å²) < 4.78 is 36.4. The third-order valence-electron chi connectivity index (χ3n) is 1.94. The van der Waals surface area contributed by atoms with Crippen LogP contribution in [0, 0.1) is 0 Å². The maximum Gasteiger partial charge on any atom is 0.416 e. The molecule has 15 heavy (non-hydrogen) atoms. The van der Waals surface area contributed by atoms with Gasteiger partial charge >= 0.3 is 6.18 Å². The SMILES string of the molecule is N[C@H](c1ccccc1Cl)[C@@H](O)C(F)(F)F. The Hall–Kier alpha value is -0.780. The highest BCUT2D eigenvalue weighted by molar-refractivity contribution is 6.31. The number of benzene rings is 1. The third kappa shape index (κ3) is 2.84. The van der Waals surface area contributed by atoms with E-state index in [-0.39, 0.29) is 10.6 Å². The predicted molar refractivity (Wildman–Crippen MR) is 50.4 cm³/mol. The minimum atomic E-state index is -4.75. The van der Waals surface area contributed by atoms with Crippen LogP contribution < -0.4 is 5.73 Å². The van der Waals surface area contributed by atoms with E-state index in [1.807, 2.05) is 0 Å². The first-order valence-corrected chi connectivity index (χ1v) is 4.46. The fraction of sp³-hybridized carbons (Fsp3) is 0.333. The lowest BCUT2D eigenvalue weighted by atomic mass is 10.0. The van der Waals surface area contributed by atoms with Crippen molar-refractivity contribution in [2.24, 2.45) is 5.73 Å². The minimum Gasteiger partial charge on any atom is -0.382 e. The topological polar surface area (TPSA) is 46.2 Å². The zero-order valence-corrected chi connectivity index (χ0v) is 8.26. The van der Waals surface area contributed by atoms with E-state index >= 15 is 0 Å². The van der Waals surface area contributed by atoms with Crippen LogP contribution in [-0.2, 0) is 0 Å². The number of aliphatic hydroxyl groups is 1. The van der Waals surface area contributed by atoms with Crippen molar-refractivity contribution >= 4 is 11.6 Å². The van der Waals surface area contributed by atoms with E-state index in [2.05, 4.69) is 0 Å². The Kier molecular flexibility index (Phi) is 3.59. The number of nitrogens with two attached hydrogens (primary N) is 1. The van der Waals surface area contributed by atoms with Gasteiger partial charge in [0.25, 0.3) is 0 Å². The average molecular weight is 240 g/mol. The molecule has 0 aromatic heterocycles. The van der Waals surface area contributed by atoms with Crippen LogP contribution in [-0.4, -0.2) is 17.4 Å². The maximum atomic E-state index is 12.1. The minimum absolute atomic E-state index is 0.0731. The molecule has 84 valence electrons. The van der Waals surface area contributed by atoms with Crippen LogP contribution in [0.15, 0.2) is 24.3 Å². The van der Waals surface area contributed by atoms with Crippen molar-refractivity contribution in [3.63, 3.8) is 0 Å². The van der Waals surface area contributed by atoms with Gasteiger partial charge in [-0.25, -0.2) is 0 Å². The zero-order chi connectivity index (χ0) is 11.6. The Morgan fingerprint density at radius 2 is 1.80 bits per heavy atom. The molecule has 0 radical (unpaired) electrons. The molecule has 1 rings (SSSR count). The van der Waals surface area contributed by atoms with Gasteiger partial charge in [-0.1, -0.05) is 29.8 Å². The summed E-state index contributed by atoms with van der Waals surface area (Å²) in [5.41, 5.74) is 5.34. The van der Waals surface area contributed by atoms with E-state index in [4.69, 9.17) is 22.4 Å². The predicted octanol–water partition coefficient (Wildman–Crippen LogP) is 2.26. The average Bonchev–Trinajstić information content (AvgIpc) is 2.15. The Labute approximate surface area is 89.5 Å². The summed E-state index contributed by atoms with van der Waals surface area (Å²) in [6, 6.07) is 4.27. The molecule has 1 aromatic carbocycles. The molecule has 0 fully saturated rings. The van der Waals surface area contributed by atoms with Crippen molar-refractivity contribution in [2.45, 2.75) is 18.3 Å². The molecule has 2 nitrogen and oxygen atoms in total. The molecule has 0 aliphatic carbocycles. The number of alkyl halides is 3. The molecule has 0 aliphatic rings. The number of hydrogen-bond donors (Lipinski definition) is 2. The molecule has 1 aromatic rings. The van der Waals surface area contributed by atoms with Crippen LogP contribution in [0.4, 0.5) is 13.2 Å². The summed E-state index contributed by atoms with van der Waals surface area (Å²) in [5.74, 6) is 0. The van der Waals surface area contributed by atoms with Crippen LogP contribution in [0.3, 0.4) is 0 Å². The summed E-state index contributed by atoms with van der Waals surface area (Å²) in [6.45, 7) is 0. The van der Waals surface area contributed by atoms with E-state index in [1.165, 1.54) is 18.2 Å². The first-order valence-electron chi connectivity index (χ1n) is 4.09. The van der Waals surface area contributed by atoms with Gasteiger partial charge in [0.15, 0.2) is 6.10 Å². The van der Waals surface area contributed by atoms with Crippen molar-refractivity contribution in [3.05, 3.63) is 34.9 Å². The maximum absolute atomic E-state index is 12.1. The molecule has 0 saturated heterocycles. The largest absolute Gasteiger partial charge is 0.416 e. The summed E-state index contributed by atoms with van der Waals surface area (Å²) in [4.78, 5) is 0. The van der Waals surface area contributed by atoms with E-state index in [0.29, 0.717) is 0 Å². The molecule has 2 atom stereocenters. The van der Waals surface area contributed by atoms with Gasteiger partial charge in [0, 0.05) is 5.02 Å². The molecule has 6 heteroatoms. The fourth-order valence-corrected chi connectivity index (χ4v) is 1.38. The van der Waals surface area contributed by atoms with Crippen LogP contribution in [0.1, 0.15) is 11.6 Å². The van der Waals surface area contributed by atoms with Crippen molar-refractivity contribution < 1.29 is 18.3 Å². The summed E-state index contributed by atoms with van der Waals surface area (Å²) in [7, 11) is 0. The van der Waals surface area contributed by atoms with Gasteiger partial charge in [-0.05, 0) is 11.6 Å². The summed E-state index contributed by atoms with van der Waals surface area (Å²) >= 11 is 5.65. The van der Waals surface area contributed by atoms with Crippen LogP contribution >= 0.6 is 11.6 Å². The number of hydrogen-bond acceptors (Lipinski definition) is 2. The number of rotatable bonds is 2. The first kappa shape index (κ1) is 12.3. The quantitative estimate of drug-likeness (QED) is 0.832. The first-order chi connectivity index (χ1) is 6.84. The molecular formula is C9H9ClF3NO. The van der Waals surface area contributed by atoms with Crippen LogP contribution in [0.5, 0.6) is 0 Å². The summed E-state index contributed by atoms with van der Waals surface area (Å²) in [5, 5.41) is 9.03. The molecule has 0 aliphatic heterocycles. The van der Waals surface area contributed by atoms with Crippen LogP contribution in [0.2, 0.25) is 5.02 Å². The second-order valence-electron chi connectivity index (χ2n) is 3.03. The Morgan fingerprint density at radius 1 is 1.27 bits per heavy atom. The molecule has 0 heterocycles. The van der Waals surface area contributed by atoms with Gasteiger partial charge in [0.05, 0.1) is 6.04 Å². The third-order valence-corrected chi connectivity index (χ3v) is 2.28. The molecule has 0 unspecified atom stereocenters. The molecule has 0 amide bonds. The number of halogens is 4. The molecular weight excluding hydrogens is 231 g/mol. The van der Waals surface area contributed by atoms with Crippen molar-refractivity contribution in [2.75, 3.05) is 0 Å². The Balaban J connectivity index is 2.95. The van der Waals surface area contributed by atoms with E-state index < -0.39 is 18.3 Å². The van der Waals surface area contributed by atoms with Crippen LogP contribution in [0.25, 0.3) is 0 Å². The van der Waals surface area contributed by atoms with Crippen molar-refractivity contribution in [1.29, 1.82) is 0 Å². The second-order valence-corrected chi connectivity index (χ2v) is 3.44. The highest BCUT2D eigenvalue weighted by Gasteiger charge is 2.43. The standard InChI is InChI=1S/C9H9ClF3NO/c10-6-4-2-1-3-5(6)7(14)8(15)9(11,12)13/h1-4,7-8,15H,14H2/t7-,8-/m1/s1. The van der Waals surface area contributed by atoms with Gasteiger partial charge in [-0.2, -0.15) is 13.2 Å². The second kappa shape index (κ2) is 4.38. The molecule has 0 bridgehead atoms. The van der Waals surface area contributed by atoms with Gasteiger partial charge in [-0.3, -0.25) is 0 Å². The van der Waals surface area contributed by atoms with Gasteiger partial charge in [0.2, 0.25) is 0 Å². The summed E-state index contributed by atoms with van der Waals surface area (Å²) in [6.07, 6.45) is -7.36. The van der Waals surface area contributed by atoms with Crippen molar-refractivity contribution in [3.8, 4) is 0 Å². The highest BCUT2D eigenvalue weighted by atomic mass is 35.5. The van der Waals surface area contributed by atoms with Gasteiger partial charge in [0.1, 0.15) is 0 Å². The lowest BCUT2D eigenvalue weighted by molar-refractivity contribution is -0.210. The Bertz CT molecular complexity index is 342. The highest BCUT2D eigenvalue weighted by Crippen LogP contribution is 2.31. The molecule has 0 spiro atoms. The lowest BCUT2D eigenvalue weighted by Crippen LogP contribution is -2.38. The van der Waals surface area contributed by atoms with Gasteiger partial charge in [-0.15, -0.1) is 0 Å². The van der Waals surface area contributed by atoms with E-state index in [9.17, 15) is 13.2 Å². The lowest BCUT2D eigenvalue weighted by Gasteiger charge is -2.22. The number of aliphatic hydroxyl groups excluding tert-OH is 1. The Morgan fingerprint density at radius 3 is 2.27 bits per heavy atom. The molecule has 3 N–H and O–H groups in total. The smallest absolute Gasteiger partial charge is 0.382 e. The van der Waals surface area contributed by atoms with Crippen molar-refractivity contribution in [1.82, 2.24) is 0 Å². The van der Waals surface area contributed by atoms with E-state index in [1.54, 1.807) is 6.07 Å². The zero-order valence-electron chi connectivity index (χ0n) is 7.50.